The third kappa shape index (κ3) is 3.67. The maximum atomic E-state index is 12.4. The number of methoxy groups -OCH3 is 1. The highest BCUT2D eigenvalue weighted by molar-refractivity contribution is 6.03. The van der Waals surface area contributed by atoms with Crippen LogP contribution in [0.5, 0.6) is 0 Å². The molecule has 6 heteroatoms. The lowest BCUT2D eigenvalue weighted by Gasteiger charge is -2.09. The second kappa shape index (κ2) is 7.52. The molecule has 3 aromatic rings. The molecule has 1 aromatic heterocycles. The van der Waals surface area contributed by atoms with Crippen LogP contribution in [0.1, 0.15) is 16.1 Å². The Hall–Kier alpha value is -2.99. The number of aromatic nitrogens is 3. The van der Waals surface area contributed by atoms with Crippen LogP contribution in [0.4, 0.5) is 5.69 Å². The maximum Gasteiger partial charge on any atom is 0.277 e. The van der Waals surface area contributed by atoms with Crippen molar-refractivity contribution in [2.24, 2.45) is 0 Å². The van der Waals surface area contributed by atoms with E-state index in [1.165, 1.54) is 0 Å². The van der Waals surface area contributed by atoms with E-state index in [-0.39, 0.29) is 11.6 Å². The van der Waals surface area contributed by atoms with Gasteiger partial charge < -0.3 is 10.1 Å². The van der Waals surface area contributed by atoms with E-state index >= 15 is 0 Å². The predicted molar refractivity (Wildman–Crippen MR) is 91.3 cm³/mol. The minimum atomic E-state index is -0.290. The van der Waals surface area contributed by atoms with Crippen molar-refractivity contribution in [3.8, 4) is 5.69 Å². The Morgan fingerprint density at radius 3 is 2.67 bits per heavy atom. The molecule has 0 unspecified atom stereocenters. The summed E-state index contributed by atoms with van der Waals surface area (Å²) in [4.78, 5) is 12.4. The molecule has 0 saturated heterocycles. The first-order valence-electron chi connectivity index (χ1n) is 7.64. The number of anilines is 1. The van der Waals surface area contributed by atoms with Crippen LogP contribution in [0.2, 0.25) is 0 Å². The highest BCUT2D eigenvalue weighted by Crippen LogP contribution is 2.17. The fraction of sp³-hybridized carbons (Fsp3) is 0.167. The summed E-state index contributed by atoms with van der Waals surface area (Å²) in [5.41, 5.74) is 2.89. The van der Waals surface area contributed by atoms with Gasteiger partial charge in [0.1, 0.15) is 0 Å². The van der Waals surface area contributed by atoms with Gasteiger partial charge in [-0.05, 0) is 30.2 Å². The van der Waals surface area contributed by atoms with Crippen molar-refractivity contribution in [1.29, 1.82) is 0 Å². The van der Waals surface area contributed by atoms with Crippen LogP contribution in [0, 0.1) is 0 Å². The van der Waals surface area contributed by atoms with E-state index in [1.807, 2.05) is 54.6 Å². The van der Waals surface area contributed by atoms with Gasteiger partial charge >= 0.3 is 0 Å². The van der Waals surface area contributed by atoms with Crippen molar-refractivity contribution >= 4 is 11.6 Å². The van der Waals surface area contributed by atoms with Crippen LogP contribution >= 0.6 is 0 Å². The van der Waals surface area contributed by atoms with E-state index in [0.717, 1.165) is 23.4 Å². The molecule has 0 aliphatic carbocycles. The fourth-order valence-electron chi connectivity index (χ4n) is 2.33. The molecule has 0 aliphatic heterocycles. The molecule has 0 aliphatic rings. The number of ether oxygens (including phenoxy) is 1. The van der Waals surface area contributed by atoms with E-state index in [9.17, 15) is 4.79 Å². The molecular formula is C18H18N4O2. The maximum absolute atomic E-state index is 12.4. The molecular weight excluding hydrogens is 304 g/mol. The van der Waals surface area contributed by atoms with E-state index < -0.39 is 0 Å². The van der Waals surface area contributed by atoms with Gasteiger partial charge in [-0.3, -0.25) is 4.79 Å². The number of nitrogens with zero attached hydrogens (tertiary/aromatic N) is 3. The Morgan fingerprint density at radius 1 is 1.12 bits per heavy atom. The number of nitrogens with one attached hydrogen (secondary N) is 1. The zero-order valence-corrected chi connectivity index (χ0v) is 13.3. The van der Waals surface area contributed by atoms with Crippen molar-refractivity contribution in [2.75, 3.05) is 19.0 Å². The number of hydrogen-bond donors (Lipinski definition) is 1. The quantitative estimate of drug-likeness (QED) is 0.757. The number of amides is 1. The van der Waals surface area contributed by atoms with Gasteiger partial charge in [-0.25, -0.2) is 4.68 Å². The van der Waals surface area contributed by atoms with Crippen molar-refractivity contribution in [2.45, 2.75) is 6.42 Å². The molecule has 2 aromatic carbocycles. The van der Waals surface area contributed by atoms with Gasteiger partial charge in [0.25, 0.3) is 5.91 Å². The lowest BCUT2D eigenvalue weighted by molar-refractivity contribution is 0.102. The molecule has 122 valence electrons. The smallest absolute Gasteiger partial charge is 0.277 e. The highest BCUT2D eigenvalue weighted by Gasteiger charge is 2.13. The minimum absolute atomic E-state index is 0.264. The molecule has 0 bridgehead atoms. The molecule has 3 rings (SSSR count). The van der Waals surface area contributed by atoms with Crippen LogP contribution in [0.3, 0.4) is 0 Å². The molecule has 0 spiro atoms. The summed E-state index contributed by atoms with van der Waals surface area (Å²) in [5.74, 6) is -0.290. The molecule has 1 heterocycles. The van der Waals surface area contributed by atoms with Crippen LogP contribution < -0.4 is 5.32 Å². The SMILES string of the molecule is COCCc1ccccc1NC(=O)c1cn(-c2ccccc2)nn1. The van der Waals surface area contributed by atoms with E-state index in [2.05, 4.69) is 15.6 Å². The number of carbonyl (C=O) groups is 1. The van der Waals surface area contributed by atoms with E-state index in [1.54, 1.807) is 18.0 Å². The average Bonchev–Trinajstić information content (AvgIpc) is 3.12. The third-order valence-electron chi connectivity index (χ3n) is 3.59. The zero-order chi connectivity index (χ0) is 16.8. The molecule has 0 atom stereocenters. The molecule has 1 amide bonds. The number of carbonyl (C=O) groups excluding carboxylic acids is 1. The largest absolute Gasteiger partial charge is 0.384 e. The molecule has 24 heavy (non-hydrogen) atoms. The molecule has 6 nitrogen and oxygen atoms in total. The molecule has 0 saturated carbocycles. The normalized spacial score (nSPS) is 10.5. The van der Waals surface area contributed by atoms with Crippen molar-refractivity contribution in [3.05, 3.63) is 72.1 Å². The Bertz CT molecular complexity index is 815. The average molecular weight is 322 g/mol. The molecule has 1 N–H and O–H groups in total. The number of rotatable bonds is 6. The van der Waals surface area contributed by atoms with Gasteiger partial charge in [-0.15, -0.1) is 5.10 Å². The molecule has 0 radical (unpaired) electrons. The van der Waals surface area contributed by atoms with Gasteiger partial charge in [0, 0.05) is 12.8 Å². The van der Waals surface area contributed by atoms with Crippen LogP contribution in [-0.4, -0.2) is 34.6 Å². The summed E-state index contributed by atoms with van der Waals surface area (Å²) in [5, 5.41) is 10.9. The lowest BCUT2D eigenvalue weighted by Crippen LogP contribution is -2.14. The van der Waals surface area contributed by atoms with E-state index in [0.29, 0.717) is 6.61 Å². The van der Waals surface area contributed by atoms with Gasteiger partial charge in [0.15, 0.2) is 5.69 Å². The van der Waals surface area contributed by atoms with Gasteiger partial charge in [-0.1, -0.05) is 41.6 Å². The summed E-state index contributed by atoms with van der Waals surface area (Å²) in [6.07, 6.45) is 2.34. The minimum Gasteiger partial charge on any atom is -0.384 e. The first-order valence-corrected chi connectivity index (χ1v) is 7.64. The second-order valence-corrected chi connectivity index (χ2v) is 5.24. The lowest BCUT2D eigenvalue weighted by atomic mass is 10.1. The summed E-state index contributed by atoms with van der Waals surface area (Å²) in [7, 11) is 1.66. The first-order chi connectivity index (χ1) is 11.8. The van der Waals surface area contributed by atoms with Crippen molar-refractivity contribution in [3.63, 3.8) is 0 Å². The van der Waals surface area contributed by atoms with Crippen LogP contribution in [0.15, 0.2) is 60.8 Å². The Balaban J connectivity index is 1.75. The van der Waals surface area contributed by atoms with Crippen molar-refractivity contribution < 1.29 is 9.53 Å². The Kier molecular flexibility index (Phi) is 4.98. The summed E-state index contributed by atoms with van der Waals surface area (Å²) < 4.78 is 6.68. The summed E-state index contributed by atoms with van der Waals surface area (Å²) in [6, 6.07) is 17.2. The Labute approximate surface area is 140 Å². The fourth-order valence-corrected chi connectivity index (χ4v) is 2.33. The van der Waals surface area contributed by atoms with Gasteiger partial charge in [0.05, 0.1) is 18.5 Å². The summed E-state index contributed by atoms with van der Waals surface area (Å²) in [6.45, 7) is 0.594. The zero-order valence-electron chi connectivity index (χ0n) is 13.3. The standard InChI is InChI=1S/C18H18N4O2/c1-24-12-11-14-7-5-6-10-16(14)19-18(23)17-13-22(21-20-17)15-8-3-2-4-9-15/h2-10,13H,11-12H2,1H3,(H,19,23). The topological polar surface area (TPSA) is 69.0 Å². The van der Waals surface area contributed by atoms with Gasteiger partial charge in [-0.2, -0.15) is 0 Å². The Morgan fingerprint density at radius 2 is 1.88 bits per heavy atom. The van der Waals surface area contributed by atoms with Gasteiger partial charge in [0.2, 0.25) is 0 Å². The highest BCUT2D eigenvalue weighted by atomic mass is 16.5. The number of benzene rings is 2. The molecule has 0 fully saturated rings. The number of para-hydroxylation sites is 2. The second-order valence-electron chi connectivity index (χ2n) is 5.24. The third-order valence-corrected chi connectivity index (χ3v) is 3.59. The summed E-state index contributed by atoms with van der Waals surface area (Å²) >= 11 is 0. The number of hydrogen-bond acceptors (Lipinski definition) is 4. The van der Waals surface area contributed by atoms with Crippen LogP contribution in [0.25, 0.3) is 5.69 Å². The van der Waals surface area contributed by atoms with Crippen LogP contribution in [-0.2, 0) is 11.2 Å². The van der Waals surface area contributed by atoms with Crippen molar-refractivity contribution in [1.82, 2.24) is 15.0 Å². The van der Waals surface area contributed by atoms with E-state index in [4.69, 9.17) is 4.74 Å². The predicted octanol–water partition coefficient (Wildman–Crippen LogP) is 2.71. The first kappa shape index (κ1) is 15.9. The monoisotopic (exact) mass is 322 g/mol.